The van der Waals surface area contributed by atoms with Crippen LogP contribution in [-0.2, 0) is 4.79 Å². The van der Waals surface area contributed by atoms with E-state index in [1.807, 2.05) is 30.3 Å². The van der Waals surface area contributed by atoms with Crippen LogP contribution in [-0.4, -0.2) is 31.6 Å². The Morgan fingerprint density at radius 3 is 2.68 bits per heavy atom. The van der Waals surface area contributed by atoms with Crippen molar-refractivity contribution in [3.63, 3.8) is 0 Å². The van der Waals surface area contributed by atoms with Crippen LogP contribution in [0.1, 0.15) is 34.1 Å². The van der Waals surface area contributed by atoms with E-state index in [0.29, 0.717) is 16.8 Å². The molecule has 2 aromatic heterocycles. The zero-order valence-electron chi connectivity index (χ0n) is 14.6. The van der Waals surface area contributed by atoms with E-state index in [0.717, 1.165) is 11.0 Å². The third-order valence-corrected chi connectivity index (χ3v) is 4.46. The molecular formula is C20H15N5O3. The van der Waals surface area contributed by atoms with Gasteiger partial charge < -0.3 is 15.4 Å². The third kappa shape index (κ3) is 3.17. The number of carbonyl (C=O) groups excluding carboxylic acids is 1. The lowest BCUT2D eigenvalue weighted by Crippen LogP contribution is -2.30. The number of benzene rings is 2. The monoisotopic (exact) mass is 373 g/mol. The molecule has 0 saturated heterocycles. The molecule has 0 saturated carbocycles. The van der Waals surface area contributed by atoms with Crippen molar-refractivity contribution in [1.29, 1.82) is 5.26 Å². The van der Waals surface area contributed by atoms with E-state index < -0.39 is 17.9 Å². The number of aromatic nitrogens is 3. The van der Waals surface area contributed by atoms with Crippen molar-refractivity contribution in [2.45, 2.75) is 12.5 Å². The zero-order valence-corrected chi connectivity index (χ0v) is 14.6. The van der Waals surface area contributed by atoms with Crippen molar-refractivity contribution in [3.05, 3.63) is 71.4 Å². The Hall–Kier alpha value is -4.12. The van der Waals surface area contributed by atoms with E-state index in [2.05, 4.69) is 15.4 Å². The molecule has 8 heteroatoms. The van der Waals surface area contributed by atoms with Crippen LogP contribution in [0.5, 0.6) is 0 Å². The summed E-state index contributed by atoms with van der Waals surface area (Å²) < 4.78 is 1.64. The maximum atomic E-state index is 12.7. The van der Waals surface area contributed by atoms with Crippen LogP contribution in [0.25, 0.3) is 16.7 Å². The van der Waals surface area contributed by atoms with Crippen LogP contribution in [0.15, 0.2) is 54.6 Å². The van der Waals surface area contributed by atoms with E-state index in [1.54, 1.807) is 34.8 Å². The molecule has 138 valence electrons. The van der Waals surface area contributed by atoms with Gasteiger partial charge in [0.15, 0.2) is 5.69 Å². The average Bonchev–Trinajstić information content (AvgIpc) is 3.25. The maximum absolute atomic E-state index is 12.7. The topological polar surface area (TPSA) is 123 Å². The largest absolute Gasteiger partial charge is 0.481 e. The first kappa shape index (κ1) is 17.3. The molecule has 2 aromatic carbocycles. The lowest BCUT2D eigenvalue weighted by atomic mass is 10.0. The zero-order chi connectivity index (χ0) is 19.7. The Kier molecular flexibility index (Phi) is 4.26. The van der Waals surface area contributed by atoms with Crippen LogP contribution in [0, 0.1) is 11.3 Å². The van der Waals surface area contributed by atoms with Gasteiger partial charge in [-0.1, -0.05) is 24.3 Å². The number of carboxylic acids is 1. The lowest BCUT2D eigenvalue weighted by molar-refractivity contribution is -0.137. The number of rotatable bonds is 5. The molecule has 28 heavy (non-hydrogen) atoms. The van der Waals surface area contributed by atoms with Gasteiger partial charge in [-0.3, -0.25) is 9.59 Å². The Bertz CT molecular complexity index is 1230. The number of nitriles is 1. The summed E-state index contributed by atoms with van der Waals surface area (Å²) in [7, 11) is 0. The number of hydrogen-bond acceptors (Lipinski definition) is 4. The molecular weight excluding hydrogens is 358 g/mol. The van der Waals surface area contributed by atoms with Crippen LogP contribution in [0.4, 0.5) is 0 Å². The summed E-state index contributed by atoms with van der Waals surface area (Å²) in [4.78, 5) is 27.1. The van der Waals surface area contributed by atoms with Gasteiger partial charge >= 0.3 is 5.97 Å². The molecule has 0 aliphatic heterocycles. The Morgan fingerprint density at radius 1 is 1.21 bits per heavy atom. The van der Waals surface area contributed by atoms with Crippen LogP contribution in [0.2, 0.25) is 0 Å². The van der Waals surface area contributed by atoms with E-state index in [9.17, 15) is 14.7 Å². The molecule has 0 aliphatic rings. The number of nitrogens with one attached hydrogen (secondary N) is 2. The highest BCUT2D eigenvalue weighted by Crippen LogP contribution is 2.20. The number of para-hydroxylation sites is 2. The number of imidazole rings is 1. The van der Waals surface area contributed by atoms with Gasteiger partial charge in [0.1, 0.15) is 5.65 Å². The molecule has 0 bridgehead atoms. The number of hydrogen-bond donors (Lipinski definition) is 3. The molecule has 2 heterocycles. The summed E-state index contributed by atoms with van der Waals surface area (Å²) in [6.07, 6.45) is -0.285. The van der Waals surface area contributed by atoms with Crippen molar-refractivity contribution >= 4 is 28.6 Å². The van der Waals surface area contributed by atoms with Crippen molar-refractivity contribution in [3.8, 4) is 6.07 Å². The molecule has 1 unspecified atom stereocenters. The average molecular weight is 373 g/mol. The molecule has 8 nitrogen and oxygen atoms in total. The van der Waals surface area contributed by atoms with Gasteiger partial charge in [0.2, 0.25) is 0 Å². The molecule has 0 radical (unpaired) electrons. The van der Waals surface area contributed by atoms with E-state index >= 15 is 0 Å². The van der Waals surface area contributed by atoms with Crippen molar-refractivity contribution in [2.24, 2.45) is 0 Å². The molecule has 0 fully saturated rings. The molecule has 0 spiro atoms. The molecule has 4 aromatic rings. The van der Waals surface area contributed by atoms with Gasteiger partial charge in [-0.05, 0) is 29.8 Å². The third-order valence-electron chi connectivity index (χ3n) is 4.46. The standard InChI is InChI=1S/C20H15N5O3/c21-11-12-5-7-13(8-6-12)15(10-19(26)27)23-20(28)16-9-18-22-14-3-1-2-4-17(14)25(18)24-16/h1-9,15,22H,10H2,(H,23,28)(H,26,27). The first-order valence-corrected chi connectivity index (χ1v) is 8.54. The number of H-pyrrole nitrogens is 1. The van der Waals surface area contributed by atoms with Gasteiger partial charge in [-0.2, -0.15) is 10.4 Å². The fraction of sp³-hybridized carbons (Fsp3) is 0.100. The van der Waals surface area contributed by atoms with Crippen molar-refractivity contribution in [1.82, 2.24) is 19.9 Å². The summed E-state index contributed by atoms with van der Waals surface area (Å²) in [5.74, 6) is -1.52. The molecule has 1 amide bonds. The number of aliphatic carboxylic acids is 1. The fourth-order valence-corrected chi connectivity index (χ4v) is 3.12. The van der Waals surface area contributed by atoms with Crippen LogP contribution >= 0.6 is 0 Å². The number of carboxylic acid groups (broad SMARTS) is 1. The second-order valence-corrected chi connectivity index (χ2v) is 6.33. The summed E-state index contributed by atoms with van der Waals surface area (Å²) >= 11 is 0. The number of aromatic amines is 1. The molecule has 0 aliphatic carbocycles. The minimum Gasteiger partial charge on any atom is -0.481 e. The Morgan fingerprint density at radius 2 is 1.96 bits per heavy atom. The van der Waals surface area contributed by atoms with Gasteiger partial charge in [-0.25, -0.2) is 4.52 Å². The highest BCUT2D eigenvalue weighted by atomic mass is 16.4. The summed E-state index contributed by atoms with van der Waals surface area (Å²) in [5, 5.41) is 25.2. The first-order valence-electron chi connectivity index (χ1n) is 8.54. The van der Waals surface area contributed by atoms with E-state index in [-0.39, 0.29) is 12.1 Å². The summed E-state index contributed by atoms with van der Waals surface area (Å²) in [6.45, 7) is 0. The van der Waals surface area contributed by atoms with E-state index in [4.69, 9.17) is 5.26 Å². The number of amides is 1. The summed E-state index contributed by atoms with van der Waals surface area (Å²) in [5.41, 5.74) is 3.65. The van der Waals surface area contributed by atoms with Gasteiger partial charge in [0.05, 0.1) is 35.1 Å². The minimum absolute atomic E-state index is 0.182. The van der Waals surface area contributed by atoms with Gasteiger partial charge in [0.25, 0.3) is 5.91 Å². The molecule has 1 atom stereocenters. The lowest BCUT2D eigenvalue weighted by Gasteiger charge is -2.16. The molecule has 4 rings (SSSR count). The number of nitrogens with zero attached hydrogens (tertiary/aromatic N) is 3. The number of fused-ring (bicyclic) bond motifs is 3. The normalized spacial score (nSPS) is 12.0. The van der Waals surface area contributed by atoms with Gasteiger partial charge in [-0.15, -0.1) is 0 Å². The highest BCUT2D eigenvalue weighted by molar-refractivity contribution is 5.95. The van der Waals surface area contributed by atoms with Crippen LogP contribution < -0.4 is 5.32 Å². The van der Waals surface area contributed by atoms with Crippen molar-refractivity contribution in [2.75, 3.05) is 0 Å². The SMILES string of the molecule is N#Cc1ccc(C(CC(=O)O)NC(=O)c2cc3[nH]c4ccccc4n3n2)cc1. The minimum atomic E-state index is -1.04. The summed E-state index contributed by atoms with van der Waals surface area (Å²) in [6, 6.07) is 16.9. The highest BCUT2D eigenvalue weighted by Gasteiger charge is 2.21. The van der Waals surface area contributed by atoms with Crippen LogP contribution in [0.3, 0.4) is 0 Å². The number of carbonyl (C=O) groups is 2. The Balaban J connectivity index is 1.62. The second kappa shape index (κ2) is 6.89. The Labute approximate surface area is 159 Å². The van der Waals surface area contributed by atoms with E-state index in [1.165, 1.54) is 0 Å². The van der Waals surface area contributed by atoms with Crippen molar-refractivity contribution < 1.29 is 14.7 Å². The predicted octanol–water partition coefficient (Wildman–Crippen LogP) is 2.63. The maximum Gasteiger partial charge on any atom is 0.305 e. The first-order chi connectivity index (χ1) is 13.5. The smallest absolute Gasteiger partial charge is 0.305 e. The molecule has 3 N–H and O–H groups in total. The predicted molar refractivity (Wildman–Crippen MR) is 101 cm³/mol. The van der Waals surface area contributed by atoms with Gasteiger partial charge in [0, 0.05) is 6.07 Å². The fourth-order valence-electron chi connectivity index (χ4n) is 3.12. The second-order valence-electron chi connectivity index (χ2n) is 6.33. The quantitative estimate of drug-likeness (QED) is 0.496.